The Labute approximate surface area is 163 Å². The molecule has 8 heteroatoms. The van der Waals surface area contributed by atoms with Crippen LogP contribution in [0.25, 0.3) is 11.3 Å². The smallest absolute Gasteiger partial charge is 0.321 e. The first-order valence-corrected chi connectivity index (χ1v) is 9.23. The molecule has 28 heavy (non-hydrogen) atoms. The fourth-order valence-electron chi connectivity index (χ4n) is 3.20. The van der Waals surface area contributed by atoms with Gasteiger partial charge >= 0.3 is 6.09 Å². The van der Waals surface area contributed by atoms with Crippen LogP contribution in [0, 0.1) is 6.92 Å². The third-order valence-electron chi connectivity index (χ3n) is 4.71. The molecule has 1 aliphatic heterocycles. The van der Waals surface area contributed by atoms with Crippen molar-refractivity contribution in [2.75, 3.05) is 16.9 Å². The molecule has 0 atom stereocenters. The number of fused-ring (bicyclic) bond motifs is 1. The third-order valence-corrected chi connectivity index (χ3v) is 4.71. The summed E-state index contributed by atoms with van der Waals surface area (Å²) in [7, 11) is 0. The van der Waals surface area contributed by atoms with Gasteiger partial charge in [-0.15, -0.1) is 0 Å². The summed E-state index contributed by atoms with van der Waals surface area (Å²) in [5.41, 5.74) is 7.13. The maximum Gasteiger partial charge on any atom is 0.438 e. The van der Waals surface area contributed by atoms with Crippen molar-refractivity contribution >= 4 is 17.7 Å². The van der Waals surface area contributed by atoms with Gasteiger partial charge in [-0.05, 0) is 44.4 Å². The molecule has 0 radical (unpaired) electrons. The van der Waals surface area contributed by atoms with Crippen LogP contribution >= 0.6 is 0 Å². The van der Waals surface area contributed by atoms with Crippen molar-refractivity contribution in [3.05, 3.63) is 54.0 Å². The molecule has 0 fully saturated rings. The lowest BCUT2D eigenvalue weighted by Crippen LogP contribution is -2.31. The first-order valence-electron chi connectivity index (χ1n) is 9.23. The Kier molecular flexibility index (Phi) is 4.68. The van der Waals surface area contributed by atoms with Crippen molar-refractivity contribution < 1.29 is 9.63 Å². The Hall–Kier alpha value is -3.42. The first-order chi connectivity index (χ1) is 13.5. The highest BCUT2D eigenvalue weighted by Crippen LogP contribution is 2.28. The van der Waals surface area contributed by atoms with Gasteiger partial charge in [0.25, 0.3) is 5.95 Å². The van der Waals surface area contributed by atoms with Gasteiger partial charge in [0.15, 0.2) is 0 Å². The predicted octanol–water partition coefficient (Wildman–Crippen LogP) is 3.76. The number of carbonyl (C=O) groups is 1. The van der Waals surface area contributed by atoms with Crippen molar-refractivity contribution in [1.82, 2.24) is 19.7 Å². The molecule has 8 nitrogen and oxygen atoms in total. The van der Waals surface area contributed by atoms with Crippen LogP contribution in [0.5, 0.6) is 0 Å². The minimum atomic E-state index is -0.483. The quantitative estimate of drug-likeness (QED) is 0.696. The van der Waals surface area contributed by atoms with Crippen molar-refractivity contribution in [3.8, 4) is 11.3 Å². The number of nitrogens with one attached hydrogen (secondary N) is 1. The Balaban J connectivity index is 1.48. The molecular weight excluding hydrogens is 356 g/mol. The average Bonchev–Trinajstić information content (AvgIpc) is 3.34. The van der Waals surface area contributed by atoms with Crippen LogP contribution < -0.4 is 10.4 Å². The van der Waals surface area contributed by atoms with Gasteiger partial charge in [0.05, 0.1) is 17.6 Å². The first kappa shape index (κ1) is 18.0. The van der Waals surface area contributed by atoms with Crippen molar-refractivity contribution in [2.45, 2.75) is 33.2 Å². The highest BCUT2D eigenvalue weighted by atomic mass is 16.7. The van der Waals surface area contributed by atoms with Gasteiger partial charge in [0.2, 0.25) is 0 Å². The summed E-state index contributed by atoms with van der Waals surface area (Å²) in [5, 5.41) is 4.35. The Morgan fingerprint density at radius 1 is 1.25 bits per heavy atom. The standard InChI is InChI=1S/C20H22N6O2/c1-13(2)26-12-16(11-22-26)18-14(3)10-21-19(23-18)24-28-20(27)25-9-8-15-6-4-5-7-17(15)25/h4-7,10-13H,8-9H2,1-3H3,(H,21,23,24). The number of anilines is 2. The van der Waals surface area contributed by atoms with Crippen molar-refractivity contribution in [3.63, 3.8) is 0 Å². The molecule has 0 bridgehead atoms. The minimum Gasteiger partial charge on any atom is -0.321 e. The number of benzene rings is 1. The zero-order valence-corrected chi connectivity index (χ0v) is 16.1. The Bertz CT molecular complexity index is 1010. The molecule has 1 N–H and O–H groups in total. The van der Waals surface area contributed by atoms with Crippen LogP contribution in [0.1, 0.15) is 31.0 Å². The van der Waals surface area contributed by atoms with Crippen LogP contribution in [0.3, 0.4) is 0 Å². The largest absolute Gasteiger partial charge is 0.438 e. The van der Waals surface area contributed by atoms with Crippen LogP contribution in [0.4, 0.5) is 16.4 Å². The second kappa shape index (κ2) is 7.30. The fourth-order valence-corrected chi connectivity index (χ4v) is 3.20. The normalized spacial score (nSPS) is 12.9. The Morgan fingerprint density at radius 2 is 2.07 bits per heavy atom. The molecule has 144 valence electrons. The number of para-hydroxylation sites is 1. The highest BCUT2D eigenvalue weighted by molar-refractivity contribution is 5.90. The van der Waals surface area contributed by atoms with Gasteiger partial charge in [-0.2, -0.15) is 10.6 Å². The van der Waals surface area contributed by atoms with Gasteiger partial charge in [0, 0.05) is 30.5 Å². The van der Waals surface area contributed by atoms with E-state index >= 15 is 0 Å². The van der Waals surface area contributed by atoms with E-state index in [-0.39, 0.29) is 12.0 Å². The molecule has 1 aromatic carbocycles. The summed E-state index contributed by atoms with van der Waals surface area (Å²) < 4.78 is 1.87. The number of hydrogen-bond acceptors (Lipinski definition) is 6. The number of aromatic nitrogens is 4. The average molecular weight is 378 g/mol. The molecule has 0 saturated carbocycles. The topological polar surface area (TPSA) is 85.2 Å². The summed E-state index contributed by atoms with van der Waals surface area (Å²) in [5.74, 6) is 0.221. The van der Waals surface area contributed by atoms with E-state index < -0.39 is 6.09 Å². The van der Waals surface area contributed by atoms with E-state index in [0.29, 0.717) is 6.54 Å². The molecule has 0 unspecified atom stereocenters. The van der Waals surface area contributed by atoms with Crippen LogP contribution in [0.2, 0.25) is 0 Å². The van der Waals surface area contributed by atoms with Crippen molar-refractivity contribution in [1.29, 1.82) is 0 Å². The molecule has 0 spiro atoms. The number of hydrogen-bond donors (Lipinski definition) is 1. The van der Waals surface area contributed by atoms with Crippen LogP contribution in [-0.4, -0.2) is 32.4 Å². The SMILES string of the molecule is Cc1cnc(NOC(=O)N2CCc3ccccc32)nc1-c1cnn(C(C)C)c1. The molecule has 0 aliphatic carbocycles. The summed E-state index contributed by atoms with van der Waals surface area (Å²) in [4.78, 5) is 28.0. The molecular formula is C20H22N6O2. The maximum atomic E-state index is 12.5. The molecule has 3 heterocycles. The van der Waals surface area contributed by atoms with E-state index in [4.69, 9.17) is 4.84 Å². The second-order valence-corrected chi connectivity index (χ2v) is 7.03. The monoisotopic (exact) mass is 378 g/mol. The van der Waals surface area contributed by atoms with Gasteiger partial charge in [0.1, 0.15) is 0 Å². The fraction of sp³-hybridized carbons (Fsp3) is 0.300. The Morgan fingerprint density at radius 3 is 2.86 bits per heavy atom. The molecule has 4 rings (SSSR count). The molecule has 2 aromatic heterocycles. The predicted molar refractivity (Wildman–Crippen MR) is 106 cm³/mol. The van der Waals surface area contributed by atoms with Crippen LogP contribution in [0.15, 0.2) is 42.9 Å². The zero-order chi connectivity index (χ0) is 19.7. The molecule has 0 saturated heterocycles. The van der Waals surface area contributed by atoms with Crippen LogP contribution in [-0.2, 0) is 11.3 Å². The number of nitrogens with zero attached hydrogens (tertiary/aromatic N) is 5. The van der Waals surface area contributed by atoms with E-state index in [1.165, 1.54) is 0 Å². The van der Waals surface area contributed by atoms with Gasteiger partial charge < -0.3 is 4.84 Å². The lowest BCUT2D eigenvalue weighted by Gasteiger charge is -2.16. The second-order valence-electron chi connectivity index (χ2n) is 7.03. The maximum absolute atomic E-state index is 12.5. The van der Waals surface area contributed by atoms with Gasteiger partial charge in [-0.3, -0.25) is 9.58 Å². The summed E-state index contributed by atoms with van der Waals surface area (Å²) in [6, 6.07) is 8.07. The number of carbonyl (C=O) groups excluding carboxylic acids is 1. The van der Waals surface area contributed by atoms with Crippen molar-refractivity contribution in [2.24, 2.45) is 0 Å². The van der Waals surface area contributed by atoms with Gasteiger partial charge in [-0.1, -0.05) is 18.2 Å². The van der Waals surface area contributed by atoms with Gasteiger partial charge in [-0.25, -0.2) is 14.8 Å². The summed E-state index contributed by atoms with van der Waals surface area (Å²) >= 11 is 0. The molecule has 1 amide bonds. The molecule has 3 aromatic rings. The number of rotatable bonds is 4. The summed E-state index contributed by atoms with van der Waals surface area (Å²) in [6.45, 7) is 6.65. The number of amides is 1. The highest BCUT2D eigenvalue weighted by Gasteiger charge is 2.26. The lowest BCUT2D eigenvalue weighted by atomic mass is 10.1. The summed E-state index contributed by atoms with van der Waals surface area (Å²) in [6.07, 6.45) is 5.74. The van der Waals surface area contributed by atoms with E-state index in [1.807, 2.05) is 42.1 Å². The van der Waals surface area contributed by atoms with E-state index in [1.54, 1.807) is 17.3 Å². The zero-order valence-electron chi connectivity index (χ0n) is 16.1. The van der Waals surface area contributed by atoms with E-state index in [0.717, 1.165) is 34.5 Å². The number of aryl methyl sites for hydroxylation is 1. The lowest BCUT2D eigenvalue weighted by molar-refractivity contribution is 0.177. The van der Waals surface area contributed by atoms with E-state index in [2.05, 4.69) is 34.4 Å². The third kappa shape index (κ3) is 3.40. The minimum absolute atomic E-state index is 0.221. The van der Waals surface area contributed by atoms with E-state index in [9.17, 15) is 4.79 Å². The molecule has 1 aliphatic rings.